The predicted molar refractivity (Wildman–Crippen MR) is 95.2 cm³/mol. The maximum Gasteiger partial charge on any atom is 0.251 e. The molecule has 0 bridgehead atoms. The molecule has 0 saturated heterocycles. The summed E-state index contributed by atoms with van der Waals surface area (Å²) in [7, 11) is 0. The summed E-state index contributed by atoms with van der Waals surface area (Å²) < 4.78 is 0. The SMILES string of the molecule is CC(C)(C)c1ccc(C(=O)NCC(=O)N2CCc3nc[nH]c3C2)cc1. The second kappa shape index (κ2) is 6.70. The van der Waals surface area contributed by atoms with E-state index in [1.165, 1.54) is 5.56 Å². The van der Waals surface area contributed by atoms with Gasteiger partial charge in [0, 0.05) is 18.5 Å². The maximum absolute atomic E-state index is 12.3. The van der Waals surface area contributed by atoms with Crippen molar-refractivity contribution in [3.05, 3.63) is 53.1 Å². The predicted octanol–water partition coefficient (Wildman–Crippen LogP) is 2.02. The number of H-pyrrole nitrogens is 1. The van der Waals surface area contributed by atoms with Crippen LogP contribution in [0.1, 0.15) is 48.1 Å². The number of amides is 2. The molecule has 2 heterocycles. The van der Waals surface area contributed by atoms with Crippen LogP contribution in [0.5, 0.6) is 0 Å². The molecule has 1 aliphatic heterocycles. The summed E-state index contributed by atoms with van der Waals surface area (Å²) in [4.78, 5) is 33.6. The van der Waals surface area contributed by atoms with E-state index in [9.17, 15) is 9.59 Å². The Morgan fingerprint density at radius 1 is 1.24 bits per heavy atom. The standard InChI is InChI=1S/C19H24N4O2/c1-19(2,3)14-6-4-13(5-7-14)18(25)20-10-17(24)23-9-8-15-16(11-23)22-12-21-15/h4-7,12H,8-11H2,1-3H3,(H,20,25)(H,21,22). The average molecular weight is 340 g/mol. The molecule has 6 nitrogen and oxygen atoms in total. The minimum Gasteiger partial charge on any atom is -0.347 e. The van der Waals surface area contributed by atoms with Gasteiger partial charge in [0.2, 0.25) is 5.91 Å². The monoisotopic (exact) mass is 340 g/mol. The molecule has 1 aromatic heterocycles. The molecule has 25 heavy (non-hydrogen) atoms. The van der Waals surface area contributed by atoms with Crippen LogP contribution in [-0.4, -0.2) is 39.8 Å². The van der Waals surface area contributed by atoms with Gasteiger partial charge in [-0.05, 0) is 23.1 Å². The van der Waals surface area contributed by atoms with Gasteiger partial charge in [0.25, 0.3) is 5.91 Å². The zero-order valence-corrected chi connectivity index (χ0v) is 14.9. The van der Waals surface area contributed by atoms with Crippen molar-refractivity contribution in [2.75, 3.05) is 13.1 Å². The van der Waals surface area contributed by atoms with Gasteiger partial charge in [-0.3, -0.25) is 9.59 Å². The fraction of sp³-hybridized carbons (Fsp3) is 0.421. The Morgan fingerprint density at radius 3 is 2.64 bits per heavy atom. The summed E-state index contributed by atoms with van der Waals surface area (Å²) in [5, 5.41) is 2.72. The van der Waals surface area contributed by atoms with Crippen molar-refractivity contribution in [1.29, 1.82) is 0 Å². The molecule has 3 rings (SSSR count). The lowest BCUT2D eigenvalue weighted by molar-refractivity contribution is -0.131. The van der Waals surface area contributed by atoms with Crippen molar-refractivity contribution in [2.24, 2.45) is 0 Å². The molecule has 0 unspecified atom stereocenters. The molecule has 6 heteroatoms. The third-order valence-corrected chi connectivity index (χ3v) is 4.54. The average Bonchev–Trinajstić information content (AvgIpc) is 3.06. The molecule has 0 aliphatic carbocycles. The second-order valence-electron chi connectivity index (χ2n) is 7.40. The summed E-state index contributed by atoms with van der Waals surface area (Å²) in [6, 6.07) is 7.53. The first-order chi connectivity index (χ1) is 11.8. The normalized spacial score (nSPS) is 14.1. The number of fused-ring (bicyclic) bond motifs is 1. The number of hydrogen-bond acceptors (Lipinski definition) is 3. The molecule has 0 spiro atoms. The quantitative estimate of drug-likeness (QED) is 0.897. The summed E-state index contributed by atoms with van der Waals surface area (Å²) >= 11 is 0. The first-order valence-electron chi connectivity index (χ1n) is 8.52. The van der Waals surface area contributed by atoms with Crippen LogP contribution < -0.4 is 5.32 Å². The fourth-order valence-corrected chi connectivity index (χ4v) is 2.92. The highest BCUT2D eigenvalue weighted by Gasteiger charge is 2.22. The van der Waals surface area contributed by atoms with Crippen LogP contribution in [0.2, 0.25) is 0 Å². The molecule has 0 atom stereocenters. The summed E-state index contributed by atoms with van der Waals surface area (Å²) in [6.07, 6.45) is 2.40. The minimum absolute atomic E-state index is 0.00330. The van der Waals surface area contributed by atoms with Crippen molar-refractivity contribution in [1.82, 2.24) is 20.2 Å². The molecule has 0 saturated carbocycles. The first kappa shape index (κ1) is 17.2. The minimum atomic E-state index is -0.229. The van der Waals surface area contributed by atoms with Crippen molar-refractivity contribution < 1.29 is 9.59 Å². The number of aromatic nitrogens is 2. The smallest absolute Gasteiger partial charge is 0.251 e. The Labute approximate surface area is 147 Å². The highest BCUT2D eigenvalue weighted by molar-refractivity contribution is 5.96. The lowest BCUT2D eigenvalue weighted by Gasteiger charge is -2.26. The van der Waals surface area contributed by atoms with E-state index in [2.05, 4.69) is 36.1 Å². The lowest BCUT2D eigenvalue weighted by Crippen LogP contribution is -2.42. The number of nitrogens with one attached hydrogen (secondary N) is 2. The van der Waals surface area contributed by atoms with Crippen LogP contribution >= 0.6 is 0 Å². The number of carbonyl (C=O) groups is 2. The molecule has 1 aromatic carbocycles. The van der Waals surface area contributed by atoms with Gasteiger partial charge in [0.15, 0.2) is 0 Å². The largest absolute Gasteiger partial charge is 0.347 e. The van der Waals surface area contributed by atoms with Gasteiger partial charge in [0.05, 0.1) is 30.8 Å². The molecule has 132 valence electrons. The molecular formula is C19H24N4O2. The number of rotatable bonds is 3. The molecule has 0 fully saturated rings. The van der Waals surface area contributed by atoms with E-state index < -0.39 is 0 Å². The number of benzene rings is 1. The maximum atomic E-state index is 12.3. The summed E-state index contributed by atoms with van der Waals surface area (Å²) in [5.74, 6) is -0.312. The van der Waals surface area contributed by atoms with Gasteiger partial charge in [-0.2, -0.15) is 0 Å². The van der Waals surface area contributed by atoms with Crippen LogP contribution in [0.25, 0.3) is 0 Å². The summed E-state index contributed by atoms with van der Waals surface area (Å²) in [6.45, 7) is 7.54. The molecule has 2 aromatic rings. The fourth-order valence-electron chi connectivity index (χ4n) is 2.92. The Hall–Kier alpha value is -2.63. The van der Waals surface area contributed by atoms with Gasteiger partial charge in [-0.1, -0.05) is 32.9 Å². The van der Waals surface area contributed by atoms with Gasteiger partial charge >= 0.3 is 0 Å². The Morgan fingerprint density at radius 2 is 1.96 bits per heavy atom. The third-order valence-electron chi connectivity index (χ3n) is 4.54. The van der Waals surface area contributed by atoms with Crippen LogP contribution in [0, 0.1) is 0 Å². The van der Waals surface area contributed by atoms with Crippen molar-refractivity contribution in [3.63, 3.8) is 0 Å². The molecule has 2 N–H and O–H groups in total. The van der Waals surface area contributed by atoms with E-state index >= 15 is 0 Å². The van der Waals surface area contributed by atoms with E-state index in [0.717, 1.165) is 17.8 Å². The highest BCUT2D eigenvalue weighted by Crippen LogP contribution is 2.22. The van der Waals surface area contributed by atoms with Crippen molar-refractivity contribution in [2.45, 2.75) is 39.2 Å². The molecule has 0 radical (unpaired) electrons. The zero-order chi connectivity index (χ0) is 18.0. The zero-order valence-electron chi connectivity index (χ0n) is 14.9. The third kappa shape index (κ3) is 3.90. The van der Waals surface area contributed by atoms with Gasteiger partial charge < -0.3 is 15.2 Å². The van der Waals surface area contributed by atoms with Gasteiger partial charge in [-0.25, -0.2) is 4.98 Å². The van der Waals surface area contributed by atoms with Crippen molar-refractivity contribution in [3.8, 4) is 0 Å². The van der Waals surface area contributed by atoms with Gasteiger partial charge in [-0.15, -0.1) is 0 Å². The van der Waals surface area contributed by atoms with E-state index in [4.69, 9.17) is 0 Å². The highest BCUT2D eigenvalue weighted by atomic mass is 16.2. The van der Waals surface area contributed by atoms with E-state index in [1.807, 2.05) is 12.1 Å². The Balaban J connectivity index is 1.54. The topological polar surface area (TPSA) is 78.1 Å². The van der Waals surface area contributed by atoms with Gasteiger partial charge in [0.1, 0.15) is 0 Å². The number of aromatic amines is 1. The van der Waals surface area contributed by atoms with Crippen molar-refractivity contribution >= 4 is 11.8 Å². The van der Waals surface area contributed by atoms with Crippen LogP contribution in [0.15, 0.2) is 30.6 Å². The van der Waals surface area contributed by atoms with Crippen LogP contribution in [-0.2, 0) is 23.2 Å². The molecular weight excluding hydrogens is 316 g/mol. The Kier molecular flexibility index (Phi) is 4.61. The second-order valence-corrected chi connectivity index (χ2v) is 7.40. The van der Waals surface area contributed by atoms with Crippen LogP contribution in [0.4, 0.5) is 0 Å². The van der Waals surface area contributed by atoms with E-state index in [1.54, 1.807) is 23.4 Å². The Bertz CT molecular complexity index is 771. The summed E-state index contributed by atoms with van der Waals surface area (Å²) in [5.41, 5.74) is 3.78. The number of nitrogens with zero attached hydrogens (tertiary/aromatic N) is 2. The molecule has 2 amide bonds. The number of hydrogen-bond donors (Lipinski definition) is 2. The lowest BCUT2D eigenvalue weighted by atomic mass is 9.87. The number of imidazole rings is 1. The first-order valence-corrected chi connectivity index (χ1v) is 8.52. The molecule has 1 aliphatic rings. The van der Waals surface area contributed by atoms with Crippen LogP contribution in [0.3, 0.4) is 0 Å². The van der Waals surface area contributed by atoms with E-state index in [-0.39, 0.29) is 23.8 Å². The van der Waals surface area contributed by atoms with E-state index in [0.29, 0.717) is 18.7 Å². The number of carbonyl (C=O) groups excluding carboxylic acids is 2.